The van der Waals surface area contributed by atoms with E-state index in [0.717, 1.165) is 0 Å². The molecule has 0 bridgehead atoms. The van der Waals surface area contributed by atoms with E-state index in [1.165, 1.54) is 9.24 Å². The Morgan fingerprint density at radius 2 is 2.00 bits per heavy atom. The third-order valence-corrected chi connectivity index (χ3v) is 0. The van der Waals surface area contributed by atoms with Crippen LogP contribution in [-0.4, -0.2) is 5.16 Å². The van der Waals surface area contributed by atoms with Crippen LogP contribution >= 0.6 is 9.24 Å². The van der Waals surface area contributed by atoms with E-state index in [-0.39, 0.29) is 0 Å². The lowest BCUT2D eigenvalue weighted by Crippen LogP contribution is -1.97. The van der Waals surface area contributed by atoms with E-state index in [0.29, 0.717) is 0 Å². The molecule has 0 aliphatic rings. The molecule has 0 spiro atoms. The van der Waals surface area contributed by atoms with Crippen LogP contribution in [-0.2, 0) is 0 Å². The minimum atomic E-state index is -3.09. The van der Waals surface area contributed by atoms with Crippen molar-refractivity contribution in [3.8, 4) is 0 Å². The molecule has 0 rings (SSSR count). The van der Waals surface area contributed by atoms with E-state index < -0.39 is 25.7 Å². The highest BCUT2D eigenvalue weighted by atomic mass is 31.0. The molecule has 0 heterocycles. The first-order valence-corrected chi connectivity index (χ1v) is 1.62. The highest BCUT2D eigenvalue weighted by Gasteiger charge is 1.95. The summed E-state index contributed by atoms with van der Waals surface area (Å²) < 4.78 is 62.9. The summed E-state index contributed by atoms with van der Waals surface area (Å²) in [5, 5.41) is -2.77. The zero-order valence-corrected chi connectivity index (χ0v) is 3.73. The summed E-state index contributed by atoms with van der Waals surface area (Å²) in [5.41, 5.74) is 0. The molecular formula is C4H11P. The lowest BCUT2D eigenvalue weighted by molar-refractivity contribution is 0.804. The molecule has 0 aromatic rings. The molecule has 0 amide bonds. The summed E-state index contributed by atoms with van der Waals surface area (Å²) in [6.45, 7) is -9.27. The third kappa shape index (κ3) is 141. The topological polar surface area (TPSA) is 0 Å². The summed E-state index contributed by atoms with van der Waals surface area (Å²) in [7, 11) is 1.47. The molecule has 0 saturated heterocycles. The molecular weight excluding hydrogens is 79.0 g/mol. The molecule has 0 aliphatic carbocycles. The fourth-order valence-corrected chi connectivity index (χ4v) is 0. The molecule has 0 N–H and O–H groups in total. The van der Waals surface area contributed by atoms with Crippen LogP contribution in [0.25, 0.3) is 0 Å². The van der Waals surface area contributed by atoms with Crippen LogP contribution in [0.15, 0.2) is 0 Å². The molecule has 0 fully saturated rings. The third-order valence-electron chi connectivity index (χ3n) is 0. The van der Waals surface area contributed by atoms with Crippen LogP contribution in [0.1, 0.15) is 32.9 Å². The quantitative estimate of drug-likeness (QED) is 0.405. The van der Waals surface area contributed by atoms with Gasteiger partial charge in [0.15, 0.2) is 0 Å². The smallest absolute Gasteiger partial charge is 0.0239 e. The first kappa shape index (κ1) is 0.591. The standard InChI is InChI=1S/C4H11P/c1-4(2,3)5/h5H2,1-3H3/i1D3,2D3,3D3. The van der Waals surface area contributed by atoms with Crippen molar-refractivity contribution < 1.29 is 12.3 Å². The molecule has 0 aliphatic heterocycles. The number of rotatable bonds is 0. The molecule has 1 heteroatoms. The summed E-state index contributed by atoms with van der Waals surface area (Å²) in [5.74, 6) is 0. The second-order valence-electron chi connectivity index (χ2n) is 0.808. The van der Waals surface area contributed by atoms with Gasteiger partial charge in [0.05, 0.1) is 0 Å². The summed E-state index contributed by atoms with van der Waals surface area (Å²) in [4.78, 5) is 0. The maximum absolute atomic E-state index is 6.99. The first-order chi connectivity index (χ1) is 5.75. The van der Waals surface area contributed by atoms with Gasteiger partial charge in [0.1, 0.15) is 0 Å². The zero-order chi connectivity index (χ0) is 12.0. The van der Waals surface area contributed by atoms with Gasteiger partial charge in [-0.15, -0.1) is 9.24 Å². The van der Waals surface area contributed by atoms with Gasteiger partial charge in [0.25, 0.3) is 0 Å². The SMILES string of the molecule is [2H]C([2H])([2H])C(P)(C([2H])([2H])[2H])C([2H])([2H])[2H]. The van der Waals surface area contributed by atoms with Gasteiger partial charge in [-0.3, -0.25) is 0 Å². The van der Waals surface area contributed by atoms with Gasteiger partial charge in [-0.2, -0.15) is 0 Å². The van der Waals surface area contributed by atoms with Gasteiger partial charge >= 0.3 is 0 Å². The van der Waals surface area contributed by atoms with Gasteiger partial charge in [-0.05, 0) is 5.16 Å². The predicted octanol–water partition coefficient (Wildman–Crippen LogP) is 1.66. The van der Waals surface area contributed by atoms with E-state index in [9.17, 15) is 0 Å². The maximum Gasteiger partial charge on any atom is 0.0239 e. The van der Waals surface area contributed by atoms with Gasteiger partial charge in [-0.1, -0.05) is 20.6 Å². The van der Waals surface area contributed by atoms with Crippen molar-refractivity contribution in [2.24, 2.45) is 0 Å². The van der Waals surface area contributed by atoms with Crippen LogP contribution in [0.5, 0.6) is 0 Å². The Morgan fingerprint density at radius 1 is 1.60 bits per heavy atom. The highest BCUT2D eigenvalue weighted by molar-refractivity contribution is 7.18. The van der Waals surface area contributed by atoms with E-state index in [1.54, 1.807) is 0 Å². The highest BCUT2D eigenvalue weighted by Crippen LogP contribution is 2.12. The molecule has 5 heavy (non-hydrogen) atoms. The first-order valence-electron chi connectivity index (χ1n) is 5.54. The van der Waals surface area contributed by atoms with Crippen molar-refractivity contribution in [2.45, 2.75) is 25.7 Å². The average molecular weight is 99.2 g/mol. The van der Waals surface area contributed by atoms with Gasteiger partial charge in [0, 0.05) is 12.3 Å². The normalized spacial score (nSPS) is 46.2. The second-order valence-corrected chi connectivity index (χ2v) is 1.67. The number of hydrogen-bond acceptors (Lipinski definition) is 0. The Morgan fingerprint density at radius 3 is 2.00 bits per heavy atom. The van der Waals surface area contributed by atoms with Crippen molar-refractivity contribution in [1.29, 1.82) is 0 Å². The summed E-state index contributed by atoms with van der Waals surface area (Å²) in [6, 6.07) is 0. The van der Waals surface area contributed by atoms with Crippen molar-refractivity contribution in [3.05, 3.63) is 0 Å². The molecule has 0 nitrogen and oxygen atoms in total. The van der Waals surface area contributed by atoms with Crippen molar-refractivity contribution >= 4 is 9.24 Å². The van der Waals surface area contributed by atoms with Crippen molar-refractivity contribution in [3.63, 3.8) is 0 Å². The monoisotopic (exact) mass is 99.1 g/mol. The van der Waals surface area contributed by atoms with E-state index in [1.807, 2.05) is 0 Å². The lowest BCUT2D eigenvalue weighted by Gasteiger charge is -2.05. The molecule has 0 aromatic heterocycles. The Bertz CT molecular complexity index is 170. The van der Waals surface area contributed by atoms with Crippen LogP contribution in [0.4, 0.5) is 0 Å². The summed E-state index contributed by atoms with van der Waals surface area (Å²) >= 11 is 0. The predicted molar refractivity (Wildman–Crippen MR) is 29.5 cm³/mol. The number of hydrogen-bond donors (Lipinski definition) is 0. The molecule has 1 atom stereocenters. The van der Waals surface area contributed by atoms with E-state index >= 15 is 0 Å². The fraction of sp³-hybridized carbons (Fsp3) is 1.00. The van der Waals surface area contributed by atoms with E-state index in [4.69, 9.17) is 12.3 Å². The molecule has 0 radical (unpaired) electrons. The Kier molecular flexibility index (Phi) is 0.149. The van der Waals surface area contributed by atoms with Gasteiger partial charge < -0.3 is 0 Å². The Hall–Kier alpha value is 0.430. The van der Waals surface area contributed by atoms with Crippen molar-refractivity contribution in [1.82, 2.24) is 0 Å². The molecule has 32 valence electrons. The molecule has 0 saturated carbocycles. The minimum absolute atomic E-state index is 1.47. The largest absolute Gasteiger partial charge is 0.132 e. The van der Waals surface area contributed by atoms with E-state index in [2.05, 4.69) is 0 Å². The zero-order valence-electron chi connectivity index (χ0n) is 11.6. The average Bonchev–Trinajstić information content (AvgIpc) is 1.77. The fourth-order valence-electron chi connectivity index (χ4n) is 0. The van der Waals surface area contributed by atoms with Crippen LogP contribution in [0.3, 0.4) is 0 Å². The Labute approximate surface area is 48.8 Å². The summed E-state index contributed by atoms with van der Waals surface area (Å²) in [6.07, 6.45) is 0. The molecule has 0 aromatic carbocycles. The van der Waals surface area contributed by atoms with Crippen molar-refractivity contribution in [2.75, 3.05) is 0 Å². The van der Waals surface area contributed by atoms with Gasteiger partial charge in [0.2, 0.25) is 0 Å². The van der Waals surface area contributed by atoms with Crippen LogP contribution in [0.2, 0.25) is 0 Å². The second kappa shape index (κ2) is 1.26. The lowest BCUT2D eigenvalue weighted by atomic mass is 10.3. The maximum atomic E-state index is 6.99. The van der Waals surface area contributed by atoms with Crippen LogP contribution < -0.4 is 0 Å². The minimum Gasteiger partial charge on any atom is -0.132 e. The van der Waals surface area contributed by atoms with Crippen LogP contribution in [0, 0.1) is 0 Å². The molecule has 1 unspecified atom stereocenters. The van der Waals surface area contributed by atoms with Gasteiger partial charge in [-0.25, -0.2) is 0 Å². The Balaban J connectivity index is 5.54.